The van der Waals surface area contributed by atoms with Gasteiger partial charge in [-0.3, -0.25) is 0 Å². The third-order valence-corrected chi connectivity index (χ3v) is 3.72. The van der Waals surface area contributed by atoms with Crippen LogP contribution in [0.25, 0.3) is 0 Å². The molecule has 0 radical (unpaired) electrons. The fraction of sp³-hybridized carbons (Fsp3) is 0.615. The maximum Gasteiger partial charge on any atom is 0.134 e. The molecule has 0 saturated carbocycles. The molecule has 100 valence electrons. The van der Waals surface area contributed by atoms with Gasteiger partial charge < -0.3 is 14.7 Å². The van der Waals surface area contributed by atoms with E-state index in [1.165, 1.54) is 0 Å². The van der Waals surface area contributed by atoms with Crippen LogP contribution in [0.5, 0.6) is 0 Å². The Morgan fingerprint density at radius 1 is 1.61 bits per heavy atom. The Morgan fingerprint density at radius 3 is 3.06 bits per heavy atom. The standard InChI is InChI=1S/C13H19BrN2O2/c1-3-12-8-18-9(2)6-16(12)13-10(7-17)4-11(14)5-15-13/h4-5,9,12,17H,3,6-8H2,1-2H3. The molecule has 0 bridgehead atoms. The molecule has 2 unspecified atom stereocenters. The second-order valence-corrected chi connectivity index (χ2v) is 5.57. The largest absolute Gasteiger partial charge is 0.392 e. The van der Waals surface area contributed by atoms with Crippen molar-refractivity contribution in [2.45, 2.75) is 39.0 Å². The molecule has 2 rings (SSSR count). The van der Waals surface area contributed by atoms with Crippen molar-refractivity contribution in [1.82, 2.24) is 4.98 Å². The van der Waals surface area contributed by atoms with Crippen molar-refractivity contribution in [3.63, 3.8) is 0 Å². The molecular formula is C13H19BrN2O2. The van der Waals surface area contributed by atoms with Gasteiger partial charge in [-0.15, -0.1) is 0 Å². The number of halogens is 1. The topological polar surface area (TPSA) is 45.6 Å². The summed E-state index contributed by atoms with van der Waals surface area (Å²) >= 11 is 3.39. The van der Waals surface area contributed by atoms with Gasteiger partial charge >= 0.3 is 0 Å². The number of nitrogens with zero attached hydrogens (tertiary/aromatic N) is 2. The minimum Gasteiger partial charge on any atom is -0.392 e. The van der Waals surface area contributed by atoms with E-state index in [1.807, 2.05) is 6.07 Å². The predicted molar refractivity (Wildman–Crippen MR) is 74.7 cm³/mol. The molecule has 0 aromatic carbocycles. The van der Waals surface area contributed by atoms with Crippen molar-refractivity contribution in [2.24, 2.45) is 0 Å². The maximum absolute atomic E-state index is 9.48. The predicted octanol–water partition coefficient (Wildman–Crippen LogP) is 2.34. The molecule has 1 aromatic rings. The van der Waals surface area contributed by atoms with Crippen LogP contribution >= 0.6 is 15.9 Å². The third kappa shape index (κ3) is 2.84. The number of morpholine rings is 1. The van der Waals surface area contributed by atoms with E-state index in [2.05, 4.69) is 39.7 Å². The van der Waals surface area contributed by atoms with E-state index < -0.39 is 0 Å². The summed E-state index contributed by atoms with van der Waals surface area (Å²) in [5.41, 5.74) is 0.858. The lowest BCUT2D eigenvalue weighted by Crippen LogP contribution is -2.49. The summed E-state index contributed by atoms with van der Waals surface area (Å²) < 4.78 is 6.58. The number of aliphatic hydroxyl groups excluding tert-OH is 1. The van der Waals surface area contributed by atoms with E-state index in [-0.39, 0.29) is 12.7 Å². The summed E-state index contributed by atoms with van der Waals surface area (Å²) in [6.45, 7) is 5.76. The van der Waals surface area contributed by atoms with Gasteiger partial charge in [-0.25, -0.2) is 4.98 Å². The van der Waals surface area contributed by atoms with Crippen LogP contribution in [0.1, 0.15) is 25.8 Å². The van der Waals surface area contributed by atoms with Crippen LogP contribution in [0.2, 0.25) is 0 Å². The lowest BCUT2D eigenvalue weighted by atomic mass is 10.1. The number of aromatic nitrogens is 1. The highest BCUT2D eigenvalue weighted by Gasteiger charge is 2.28. The van der Waals surface area contributed by atoms with Crippen molar-refractivity contribution in [2.75, 3.05) is 18.1 Å². The Hall–Kier alpha value is -0.650. The van der Waals surface area contributed by atoms with Gasteiger partial charge in [0.15, 0.2) is 0 Å². The molecular weight excluding hydrogens is 296 g/mol. The molecule has 1 aromatic heterocycles. The van der Waals surface area contributed by atoms with Crippen molar-refractivity contribution in [3.8, 4) is 0 Å². The van der Waals surface area contributed by atoms with Crippen molar-refractivity contribution < 1.29 is 9.84 Å². The molecule has 0 spiro atoms. The zero-order valence-corrected chi connectivity index (χ0v) is 12.4. The molecule has 5 heteroatoms. The average molecular weight is 315 g/mol. The van der Waals surface area contributed by atoms with Crippen LogP contribution in [-0.4, -0.2) is 35.4 Å². The number of aliphatic hydroxyl groups is 1. The molecule has 1 saturated heterocycles. The number of hydrogen-bond donors (Lipinski definition) is 1. The lowest BCUT2D eigenvalue weighted by Gasteiger charge is -2.39. The molecule has 1 N–H and O–H groups in total. The molecule has 1 fully saturated rings. The molecule has 0 aliphatic carbocycles. The number of anilines is 1. The zero-order chi connectivity index (χ0) is 13.1. The van der Waals surface area contributed by atoms with Crippen molar-refractivity contribution in [3.05, 3.63) is 22.3 Å². The minimum atomic E-state index is 0.00391. The van der Waals surface area contributed by atoms with E-state index in [0.29, 0.717) is 6.04 Å². The normalized spacial score (nSPS) is 24.3. The lowest BCUT2D eigenvalue weighted by molar-refractivity contribution is 0.0294. The first-order valence-corrected chi connectivity index (χ1v) is 7.08. The Balaban J connectivity index is 2.32. The number of pyridine rings is 1. The Labute approximate surface area is 116 Å². The molecule has 18 heavy (non-hydrogen) atoms. The molecule has 2 atom stereocenters. The highest BCUT2D eigenvalue weighted by atomic mass is 79.9. The van der Waals surface area contributed by atoms with Gasteiger partial charge in [0.05, 0.1) is 25.4 Å². The van der Waals surface area contributed by atoms with Crippen LogP contribution in [0.15, 0.2) is 16.7 Å². The smallest absolute Gasteiger partial charge is 0.134 e. The SMILES string of the molecule is CCC1COC(C)CN1c1ncc(Br)cc1CO. The summed E-state index contributed by atoms with van der Waals surface area (Å²) in [5.74, 6) is 0.878. The molecule has 1 aliphatic rings. The summed E-state index contributed by atoms with van der Waals surface area (Å²) in [6.07, 6.45) is 2.99. The van der Waals surface area contributed by atoms with Crippen molar-refractivity contribution >= 4 is 21.7 Å². The Kier molecular flexibility index (Phi) is 4.59. The highest BCUT2D eigenvalue weighted by Crippen LogP contribution is 2.27. The third-order valence-electron chi connectivity index (χ3n) is 3.29. The van der Waals surface area contributed by atoms with Gasteiger partial charge in [0.25, 0.3) is 0 Å². The number of ether oxygens (including phenoxy) is 1. The zero-order valence-electron chi connectivity index (χ0n) is 10.8. The second-order valence-electron chi connectivity index (χ2n) is 4.65. The molecule has 2 heterocycles. The van der Waals surface area contributed by atoms with Crippen LogP contribution in [-0.2, 0) is 11.3 Å². The van der Waals surface area contributed by atoms with Gasteiger partial charge in [-0.2, -0.15) is 0 Å². The molecule has 1 aliphatic heterocycles. The van der Waals surface area contributed by atoms with Crippen LogP contribution < -0.4 is 4.90 Å². The highest BCUT2D eigenvalue weighted by molar-refractivity contribution is 9.10. The summed E-state index contributed by atoms with van der Waals surface area (Å²) in [5, 5.41) is 9.48. The van der Waals surface area contributed by atoms with E-state index >= 15 is 0 Å². The van der Waals surface area contributed by atoms with E-state index in [0.717, 1.165) is 35.4 Å². The minimum absolute atomic E-state index is 0.00391. The van der Waals surface area contributed by atoms with E-state index in [1.54, 1.807) is 6.20 Å². The maximum atomic E-state index is 9.48. The van der Waals surface area contributed by atoms with Gasteiger partial charge in [0, 0.05) is 22.8 Å². The summed E-state index contributed by atoms with van der Waals surface area (Å²) in [7, 11) is 0. The van der Waals surface area contributed by atoms with E-state index in [4.69, 9.17) is 4.74 Å². The van der Waals surface area contributed by atoms with E-state index in [9.17, 15) is 5.11 Å². The molecule has 4 nitrogen and oxygen atoms in total. The van der Waals surface area contributed by atoms with Gasteiger partial charge in [0.2, 0.25) is 0 Å². The van der Waals surface area contributed by atoms with Crippen LogP contribution in [0.4, 0.5) is 5.82 Å². The average Bonchev–Trinajstić information content (AvgIpc) is 2.38. The number of rotatable bonds is 3. The second kappa shape index (κ2) is 5.99. The monoisotopic (exact) mass is 314 g/mol. The number of hydrogen-bond acceptors (Lipinski definition) is 4. The first-order chi connectivity index (χ1) is 8.65. The van der Waals surface area contributed by atoms with Crippen LogP contribution in [0.3, 0.4) is 0 Å². The molecule has 0 amide bonds. The van der Waals surface area contributed by atoms with Gasteiger partial charge in [-0.05, 0) is 35.3 Å². The van der Waals surface area contributed by atoms with Gasteiger partial charge in [-0.1, -0.05) is 6.92 Å². The fourth-order valence-corrected chi connectivity index (χ4v) is 2.67. The summed E-state index contributed by atoms with van der Waals surface area (Å²) in [4.78, 5) is 6.72. The Bertz CT molecular complexity index is 414. The fourth-order valence-electron chi connectivity index (χ4n) is 2.29. The summed E-state index contributed by atoms with van der Waals surface area (Å²) in [6, 6.07) is 2.26. The van der Waals surface area contributed by atoms with Gasteiger partial charge in [0.1, 0.15) is 5.82 Å². The van der Waals surface area contributed by atoms with Crippen molar-refractivity contribution in [1.29, 1.82) is 0 Å². The van der Waals surface area contributed by atoms with Crippen LogP contribution in [0, 0.1) is 0 Å². The first-order valence-electron chi connectivity index (χ1n) is 6.29. The quantitative estimate of drug-likeness (QED) is 0.930. The Morgan fingerprint density at radius 2 is 2.39 bits per heavy atom. The first kappa shape index (κ1) is 13.8.